The van der Waals surface area contributed by atoms with Gasteiger partial charge in [0.2, 0.25) is 0 Å². The highest BCUT2D eigenvalue weighted by molar-refractivity contribution is 5.19. The van der Waals surface area contributed by atoms with Crippen molar-refractivity contribution in [2.75, 3.05) is 0 Å². The summed E-state index contributed by atoms with van der Waals surface area (Å²) in [6.07, 6.45) is 3.25. The van der Waals surface area contributed by atoms with E-state index >= 15 is 0 Å². The first-order valence-corrected chi connectivity index (χ1v) is 10.2. The Morgan fingerprint density at radius 2 is 1.56 bits per heavy atom. The lowest BCUT2D eigenvalue weighted by Gasteiger charge is -2.61. The summed E-state index contributed by atoms with van der Waals surface area (Å²) < 4.78 is 68.3. The van der Waals surface area contributed by atoms with Crippen LogP contribution in [-0.4, -0.2) is 22.8 Å². The zero-order valence-corrected chi connectivity index (χ0v) is 16.0. The van der Waals surface area contributed by atoms with Crippen LogP contribution in [0.4, 0.5) is 22.0 Å². The molecule has 4 aliphatic rings. The summed E-state index contributed by atoms with van der Waals surface area (Å²) in [7, 11) is 0. The lowest BCUT2D eigenvalue weighted by Crippen LogP contribution is -2.65. The largest absolute Gasteiger partial charge is 0.456 e. The smallest absolute Gasteiger partial charge is 0.383 e. The molecule has 0 radical (unpaired) electrons. The van der Waals surface area contributed by atoms with Crippen LogP contribution in [-0.2, 0) is 0 Å². The minimum Gasteiger partial charge on any atom is -0.383 e. The van der Waals surface area contributed by atoms with Crippen LogP contribution >= 0.6 is 0 Å². The Balaban J connectivity index is 1.69. The van der Waals surface area contributed by atoms with Crippen molar-refractivity contribution in [3.63, 3.8) is 0 Å². The van der Waals surface area contributed by atoms with Crippen molar-refractivity contribution in [2.24, 2.45) is 34.5 Å². The van der Waals surface area contributed by atoms with Gasteiger partial charge in [0.05, 0.1) is 0 Å². The van der Waals surface area contributed by atoms with Crippen molar-refractivity contribution in [3.8, 4) is 0 Å². The average molecular weight is 392 g/mol. The highest BCUT2D eigenvalue weighted by Gasteiger charge is 2.79. The molecule has 27 heavy (non-hydrogen) atoms. The molecule has 0 aliphatic heterocycles. The second kappa shape index (κ2) is 5.70. The highest BCUT2D eigenvalue weighted by atomic mass is 19.4. The molecule has 1 N–H and O–H groups in total. The van der Waals surface area contributed by atoms with Gasteiger partial charge in [-0.2, -0.15) is 22.0 Å². The van der Waals surface area contributed by atoms with Crippen LogP contribution in [0.5, 0.6) is 0 Å². The molecule has 0 aromatic heterocycles. The minimum absolute atomic E-state index is 0.103. The Kier molecular flexibility index (Phi) is 4.15. The maximum Gasteiger partial charge on any atom is 0.456 e. The number of aliphatic hydroxyl groups is 1. The number of hydrogen-bond donors (Lipinski definition) is 1. The molecule has 154 valence electrons. The Morgan fingerprint density at radius 1 is 0.889 bits per heavy atom. The van der Waals surface area contributed by atoms with Gasteiger partial charge in [-0.25, -0.2) is 0 Å². The molecule has 0 amide bonds. The van der Waals surface area contributed by atoms with E-state index < -0.39 is 29.5 Å². The molecule has 4 aliphatic carbocycles. The van der Waals surface area contributed by atoms with E-state index in [0.717, 1.165) is 25.7 Å². The van der Waals surface area contributed by atoms with Crippen LogP contribution in [0.1, 0.15) is 65.2 Å². The molecule has 6 heteroatoms. The van der Waals surface area contributed by atoms with Gasteiger partial charge in [-0.05, 0) is 80.5 Å². The van der Waals surface area contributed by atoms with Crippen LogP contribution in [0, 0.1) is 34.5 Å². The van der Waals surface area contributed by atoms with Gasteiger partial charge < -0.3 is 5.11 Å². The van der Waals surface area contributed by atoms with Crippen molar-refractivity contribution in [1.29, 1.82) is 0 Å². The molecule has 0 aromatic rings. The van der Waals surface area contributed by atoms with Crippen LogP contribution in [0.15, 0.2) is 12.2 Å². The summed E-state index contributed by atoms with van der Waals surface area (Å²) in [6, 6.07) is 0. The number of halogens is 5. The Morgan fingerprint density at radius 3 is 2.22 bits per heavy atom. The summed E-state index contributed by atoms with van der Waals surface area (Å²) in [5.41, 5.74) is -4.29. The van der Waals surface area contributed by atoms with E-state index in [1.807, 2.05) is 0 Å². The van der Waals surface area contributed by atoms with Gasteiger partial charge in [-0.3, -0.25) is 0 Å². The normalized spacial score (nSPS) is 50.1. The molecule has 0 saturated heterocycles. The van der Waals surface area contributed by atoms with Crippen molar-refractivity contribution in [2.45, 2.75) is 82.9 Å². The topological polar surface area (TPSA) is 20.2 Å². The number of allylic oxidation sites excluding steroid dienone is 2. The SMILES string of the molecule is C[C@]12CC=CCC1CC[C@@H]1[C@H]2CC[C@@]2(C)[C@H]1CCC2(O)C(F)(F)C(F)(F)F. The van der Waals surface area contributed by atoms with E-state index in [9.17, 15) is 27.1 Å². The predicted octanol–water partition coefficient (Wildman–Crippen LogP) is 6.12. The van der Waals surface area contributed by atoms with Crippen LogP contribution in [0.2, 0.25) is 0 Å². The maximum atomic E-state index is 14.4. The minimum atomic E-state index is -5.73. The molecule has 0 heterocycles. The van der Waals surface area contributed by atoms with E-state index in [4.69, 9.17) is 0 Å². The first-order chi connectivity index (χ1) is 12.4. The quantitative estimate of drug-likeness (QED) is 0.421. The van der Waals surface area contributed by atoms with Gasteiger partial charge in [0.1, 0.15) is 5.60 Å². The highest BCUT2D eigenvalue weighted by Crippen LogP contribution is 2.70. The van der Waals surface area contributed by atoms with Gasteiger partial charge in [0.15, 0.2) is 0 Å². The van der Waals surface area contributed by atoms with Gasteiger partial charge in [-0.1, -0.05) is 26.0 Å². The maximum absolute atomic E-state index is 14.4. The fourth-order valence-corrected chi connectivity index (χ4v) is 7.60. The number of alkyl halides is 5. The summed E-state index contributed by atoms with van der Waals surface area (Å²) in [4.78, 5) is 0. The molecular formula is C21H29F5O. The molecule has 1 nitrogen and oxygen atoms in total. The van der Waals surface area contributed by atoms with Crippen LogP contribution in [0.25, 0.3) is 0 Å². The molecule has 4 rings (SSSR count). The molecule has 3 saturated carbocycles. The van der Waals surface area contributed by atoms with Crippen molar-refractivity contribution >= 4 is 0 Å². The molecule has 0 bridgehead atoms. The fourth-order valence-electron chi connectivity index (χ4n) is 7.60. The average Bonchev–Trinajstić information content (AvgIpc) is 2.86. The van der Waals surface area contributed by atoms with Crippen molar-refractivity contribution in [3.05, 3.63) is 12.2 Å². The lowest BCUT2D eigenvalue weighted by atomic mass is 9.45. The van der Waals surface area contributed by atoms with E-state index in [-0.39, 0.29) is 30.1 Å². The number of fused-ring (bicyclic) bond motifs is 5. The number of rotatable bonds is 1. The third kappa shape index (κ3) is 2.31. The molecule has 2 unspecified atom stereocenters. The Hall–Kier alpha value is -0.650. The Bertz CT molecular complexity index is 643. The van der Waals surface area contributed by atoms with Gasteiger partial charge in [0, 0.05) is 5.41 Å². The zero-order valence-electron chi connectivity index (χ0n) is 16.0. The van der Waals surface area contributed by atoms with E-state index in [1.54, 1.807) is 0 Å². The Labute approximate surface area is 157 Å². The van der Waals surface area contributed by atoms with E-state index in [2.05, 4.69) is 19.1 Å². The van der Waals surface area contributed by atoms with Gasteiger partial charge in [0.25, 0.3) is 0 Å². The third-order valence-electron chi connectivity index (χ3n) is 9.24. The zero-order chi connectivity index (χ0) is 19.9. The lowest BCUT2D eigenvalue weighted by molar-refractivity contribution is -0.364. The van der Waals surface area contributed by atoms with Gasteiger partial charge in [-0.15, -0.1) is 0 Å². The van der Waals surface area contributed by atoms with Crippen LogP contribution in [0.3, 0.4) is 0 Å². The van der Waals surface area contributed by atoms with Gasteiger partial charge >= 0.3 is 12.1 Å². The molecule has 7 atom stereocenters. The molecule has 3 fully saturated rings. The standard InChI is InChI=1S/C21H29F5O/c1-17-10-4-3-5-13(17)6-7-14-15(17)8-11-18(2)16(14)9-12-19(18,27)20(22,23)21(24,25)26/h3-4,13-16,27H,5-12H2,1-2H3/t13?,14-,15-,16+,17+,18+,19?/m1/s1. The third-order valence-corrected chi connectivity index (χ3v) is 9.24. The van der Waals surface area contributed by atoms with Crippen LogP contribution < -0.4 is 0 Å². The van der Waals surface area contributed by atoms with E-state index in [0.29, 0.717) is 18.3 Å². The van der Waals surface area contributed by atoms with Crippen molar-refractivity contribution in [1.82, 2.24) is 0 Å². The second-order valence-electron chi connectivity index (χ2n) is 10.00. The molecule has 0 aromatic carbocycles. The monoisotopic (exact) mass is 392 g/mol. The first kappa shape index (κ1) is 19.7. The summed E-state index contributed by atoms with van der Waals surface area (Å²) in [5.74, 6) is -4.29. The summed E-state index contributed by atoms with van der Waals surface area (Å²) >= 11 is 0. The summed E-state index contributed by atoms with van der Waals surface area (Å²) in [6.45, 7) is 3.78. The molecule has 0 spiro atoms. The first-order valence-electron chi connectivity index (χ1n) is 10.2. The number of hydrogen-bond acceptors (Lipinski definition) is 1. The summed E-state index contributed by atoms with van der Waals surface area (Å²) in [5, 5.41) is 10.8. The van der Waals surface area contributed by atoms with E-state index in [1.165, 1.54) is 6.92 Å². The predicted molar refractivity (Wildman–Crippen MR) is 92.2 cm³/mol. The molecular weight excluding hydrogens is 363 g/mol. The fraction of sp³-hybridized carbons (Fsp3) is 0.905. The van der Waals surface area contributed by atoms with Crippen molar-refractivity contribution < 1.29 is 27.1 Å². The second-order valence-corrected chi connectivity index (χ2v) is 10.00.